The summed E-state index contributed by atoms with van der Waals surface area (Å²) in [5.74, 6) is 0. The minimum Gasteiger partial charge on any atom is -0.253 e. The van der Waals surface area contributed by atoms with Crippen LogP contribution in [-0.2, 0) is 4.43 Å². The first-order chi connectivity index (χ1) is 6.72. The summed E-state index contributed by atoms with van der Waals surface area (Å²) in [5.41, 5.74) is 4.89. The first kappa shape index (κ1) is 9.90. The minimum atomic E-state index is 1.02. The fourth-order valence-electron chi connectivity index (χ4n) is 1.62. The molecule has 0 saturated heterocycles. The highest BCUT2D eigenvalue weighted by Crippen LogP contribution is 2.22. The lowest BCUT2D eigenvalue weighted by molar-refractivity contribution is 1.23. The number of nitrogens with zero attached hydrogens (tertiary/aromatic N) is 1. The van der Waals surface area contributed by atoms with Crippen LogP contribution < -0.4 is 0 Å². The van der Waals surface area contributed by atoms with E-state index >= 15 is 0 Å². The normalized spacial score (nSPS) is 10.8. The van der Waals surface area contributed by atoms with E-state index in [4.69, 9.17) is 0 Å². The zero-order chi connectivity index (χ0) is 10.1. The van der Waals surface area contributed by atoms with Gasteiger partial charge in [0.05, 0.1) is 5.52 Å². The topological polar surface area (TPSA) is 12.9 Å². The summed E-state index contributed by atoms with van der Waals surface area (Å²) >= 11 is 2.38. The second-order valence-corrected chi connectivity index (χ2v) is 4.29. The molecule has 2 aromatic rings. The molecule has 1 heterocycles. The van der Waals surface area contributed by atoms with Crippen LogP contribution in [0.5, 0.6) is 0 Å². The number of halogens is 1. The van der Waals surface area contributed by atoms with E-state index in [1.807, 2.05) is 6.92 Å². The molecule has 0 fully saturated rings. The minimum absolute atomic E-state index is 1.02. The van der Waals surface area contributed by atoms with E-state index < -0.39 is 0 Å². The van der Waals surface area contributed by atoms with Crippen molar-refractivity contribution in [3.63, 3.8) is 0 Å². The average molecular weight is 297 g/mol. The SMILES string of the molecule is Cc1ccc2c(C)ccc(CI)c2n1. The fraction of sp³-hybridized carbons (Fsp3) is 0.250. The van der Waals surface area contributed by atoms with E-state index in [0.717, 1.165) is 10.1 Å². The predicted molar refractivity (Wildman–Crippen MR) is 68.9 cm³/mol. The lowest BCUT2D eigenvalue weighted by Crippen LogP contribution is -1.90. The van der Waals surface area contributed by atoms with Crippen LogP contribution >= 0.6 is 22.6 Å². The molecule has 0 spiro atoms. The van der Waals surface area contributed by atoms with Crippen LogP contribution in [0.2, 0.25) is 0 Å². The molecule has 2 heteroatoms. The number of hydrogen-bond donors (Lipinski definition) is 0. The Morgan fingerprint density at radius 3 is 2.64 bits per heavy atom. The maximum atomic E-state index is 4.60. The maximum Gasteiger partial charge on any atom is 0.0747 e. The zero-order valence-electron chi connectivity index (χ0n) is 8.34. The summed E-state index contributed by atoms with van der Waals surface area (Å²) in [7, 11) is 0. The monoisotopic (exact) mass is 297 g/mol. The Kier molecular flexibility index (Phi) is 2.72. The highest BCUT2D eigenvalue weighted by molar-refractivity contribution is 14.1. The number of pyridine rings is 1. The van der Waals surface area contributed by atoms with Gasteiger partial charge in [-0.1, -0.05) is 40.8 Å². The first-order valence-electron chi connectivity index (χ1n) is 4.64. The number of alkyl halides is 1. The lowest BCUT2D eigenvalue weighted by Gasteiger charge is -2.06. The first-order valence-corrected chi connectivity index (χ1v) is 6.16. The number of rotatable bonds is 1. The lowest BCUT2D eigenvalue weighted by atomic mass is 10.1. The van der Waals surface area contributed by atoms with E-state index in [2.05, 4.69) is 58.8 Å². The van der Waals surface area contributed by atoms with Crippen molar-refractivity contribution in [3.8, 4) is 0 Å². The molecule has 0 aliphatic rings. The third-order valence-electron chi connectivity index (χ3n) is 2.44. The van der Waals surface area contributed by atoms with Crippen molar-refractivity contribution < 1.29 is 0 Å². The van der Waals surface area contributed by atoms with Gasteiger partial charge in [0.2, 0.25) is 0 Å². The summed E-state index contributed by atoms with van der Waals surface area (Å²) in [5, 5.41) is 1.28. The summed E-state index contributed by atoms with van der Waals surface area (Å²) in [6, 6.07) is 8.60. The summed E-state index contributed by atoms with van der Waals surface area (Å²) < 4.78 is 1.02. The molecular weight excluding hydrogens is 285 g/mol. The molecule has 0 unspecified atom stereocenters. The molecule has 1 aromatic heterocycles. The van der Waals surface area contributed by atoms with Crippen molar-refractivity contribution in [2.24, 2.45) is 0 Å². The van der Waals surface area contributed by atoms with Gasteiger partial charge in [-0.2, -0.15) is 0 Å². The second kappa shape index (κ2) is 3.85. The molecule has 0 amide bonds. The summed E-state index contributed by atoms with van der Waals surface area (Å²) in [6.07, 6.45) is 0. The van der Waals surface area contributed by atoms with Crippen molar-refractivity contribution in [1.29, 1.82) is 0 Å². The van der Waals surface area contributed by atoms with E-state index in [9.17, 15) is 0 Å². The van der Waals surface area contributed by atoms with E-state index in [0.29, 0.717) is 0 Å². The Labute approximate surface area is 97.7 Å². The van der Waals surface area contributed by atoms with Crippen LogP contribution in [0.4, 0.5) is 0 Å². The van der Waals surface area contributed by atoms with Crippen molar-refractivity contribution in [2.45, 2.75) is 18.3 Å². The van der Waals surface area contributed by atoms with Gasteiger partial charge in [0.1, 0.15) is 0 Å². The van der Waals surface area contributed by atoms with Crippen LogP contribution in [0, 0.1) is 13.8 Å². The van der Waals surface area contributed by atoms with Gasteiger partial charge >= 0.3 is 0 Å². The van der Waals surface area contributed by atoms with E-state index in [1.54, 1.807) is 0 Å². The molecule has 0 radical (unpaired) electrons. The Morgan fingerprint density at radius 1 is 1.14 bits per heavy atom. The number of fused-ring (bicyclic) bond motifs is 1. The number of hydrogen-bond acceptors (Lipinski definition) is 1. The molecule has 0 atom stereocenters. The zero-order valence-corrected chi connectivity index (χ0v) is 10.5. The van der Waals surface area contributed by atoms with Crippen molar-refractivity contribution in [2.75, 3.05) is 0 Å². The molecule has 0 bridgehead atoms. The molecule has 1 nitrogen and oxygen atoms in total. The summed E-state index contributed by atoms with van der Waals surface area (Å²) in [4.78, 5) is 4.60. The Morgan fingerprint density at radius 2 is 1.93 bits per heavy atom. The van der Waals surface area contributed by atoms with Gasteiger partial charge in [-0.25, -0.2) is 0 Å². The third kappa shape index (κ3) is 1.63. The van der Waals surface area contributed by atoms with Gasteiger partial charge in [-0.05, 0) is 31.0 Å². The Hall–Kier alpha value is -0.640. The molecule has 72 valence electrons. The molecule has 0 aliphatic heterocycles. The van der Waals surface area contributed by atoms with E-state index in [-0.39, 0.29) is 0 Å². The van der Waals surface area contributed by atoms with Gasteiger partial charge < -0.3 is 0 Å². The maximum absolute atomic E-state index is 4.60. The largest absolute Gasteiger partial charge is 0.253 e. The van der Waals surface area contributed by atoms with Gasteiger partial charge in [0, 0.05) is 15.5 Å². The number of aryl methyl sites for hydroxylation is 2. The van der Waals surface area contributed by atoms with Crippen LogP contribution in [0.3, 0.4) is 0 Å². The molecular formula is C12H12IN. The highest BCUT2D eigenvalue weighted by Gasteiger charge is 2.03. The number of benzene rings is 1. The van der Waals surface area contributed by atoms with Crippen LogP contribution in [0.15, 0.2) is 24.3 Å². The quantitative estimate of drug-likeness (QED) is 0.576. The predicted octanol–water partition coefficient (Wildman–Crippen LogP) is 3.79. The summed E-state index contributed by atoms with van der Waals surface area (Å²) in [6.45, 7) is 4.18. The van der Waals surface area contributed by atoms with Crippen LogP contribution in [0.25, 0.3) is 10.9 Å². The van der Waals surface area contributed by atoms with E-state index in [1.165, 1.54) is 22.0 Å². The Balaban J connectivity index is 2.85. The molecule has 2 rings (SSSR count). The van der Waals surface area contributed by atoms with Gasteiger partial charge in [0.15, 0.2) is 0 Å². The molecule has 0 N–H and O–H groups in total. The fourth-order valence-corrected chi connectivity index (χ4v) is 2.24. The smallest absolute Gasteiger partial charge is 0.0747 e. The molecule has 0 aliphatic carbocycles. The van der Waals surface area contributed by atoms with Gasteiger partial charge in [0.25, 0.3) is 0 Å². The highest BCUT2D eigenvalue weighted by atomic mass is 127. The third-order valence-corrected chi connectivity index (χ3v) is 3.26. The van der Waals surface area contributed by atoms with Gasteiger partial charge in [-0.3, -0.25) is 4.98 Å². The standard InChI is InChI=1S/C12H12IN/c1-8-3-5-10(7-13)12-11(8)6-4-9(2)14-12/h3-6H,7H2,1-2H3. The van der Waals surface area contributed by atoms with Gasteiger partial charge in [-0.15, -0.1) is 0 Å². The number of aromatic nitrogens is 1. The van der Waals surface area contributed by atoms with Crippen molar-refractivity contribution >= 4 is 33.5 Å². The van der Waals surface area contributed by atoms with Crippen molar-refractivity contribution in [3.05, 3.63) is 41.1 Å². The van der Waals surface area contributed by atoms with Crippen molar-refractivity contribution in [1.82, 2.24) is 4.98 Å². The second-order valence-electron chi connectivity index (χ2n) is 3.52. The molecule has 1 aromatic carbocycles. The van der Waals surface area contributed by atoms with Crippen LogP contribution in [0.1, 0.15) is 16.8 Å². The Bertz CT molecular complexity index is 477. The molecule has 0 saturated carbocycles. The van der Waals surface area contributed by atoms with Crippen LogP contribution in [-0.4, -0.2) is 4.98 Å². The average Bonchev–Trinajstić information content (AvgIpc) is 2.18. The molecule has 14 heavy (non-hydrogen) atoms.